The van der Waals surface area contributed by atoms with Gasteiger partial charge in [0.05, 0.1) is 12.7 Å². The number of carbonyl (C=O) groups is 1. The third kappa shape index (κ3) is 1.39. The van der Waals surface area contributed by atoms with Gasteiger partial charge in [0.25, 0.3) is 0 Å². The summed E-state index contributed by atoms with van der Waals surface area (Å²) in [6, 6.07) is 0. The highest BCUT2D eigenvalue weighted by molar-refractivity contribution is 5.58. The smallest absolute Gasteiger partial charge is 0.163 e. The summed E-state index contributed by atoms with van der Waals surface area (Å²) in [6.07, 6.45) is 2.16. The quantitative estimate of drug-likeness (QED) is 0.579. The Balaban J connectivity index is 1.89. The molecule has 0 radical (unpaired) electrons. The van der Waals surface area contributed by atoms with E-state index in [1.165, 1.54) is 0 Å². The molecule has 1 saturated carbocycles. The molecular weight excluding hydrogens is 156 g/mol. The summed E-state index contributed by atoms with van der Waals surface area (Å²) in [4.78, 5) is 10.4. The van der Waals surface area contributed by atoms with E-state index in [4.69, 9.17) is 9.47 Å². The molecule has 0 aromatic carbocycles. The van der Waals surface area contributed by atoms with Crippen molar-refractivity contribution in [3.8, 4) is 0 Å². The van der Waals surface area contributed by atoms with Crippen molar-refractivity contribution in [1.82, 2.24) is 0 Å². The lowest BCUT2D eigenvalue weighted by atomic mass is 10.2. The summed E-state index contributed by atoms with van der Waals surface area (Å²) in [7, 11) is 0. The van der Waals surface area contributed by atoms with Crippen LogP contribution in [0.1, 0.15) is 20.3 Å². The zero-order valence-corrected chi connectivity index (χ0v) is 7.45. The van der Waals surface area contributed by atoms with Gasteiger partial charge in [-0.2, -0.15) is 0 Å². The number of ether oxygens (including phenoxy) is 2. The van der Waals surface area contributed by atoms with Crippen molar-refractivity contribution in [3.05, 3.63) is 0 Å². The molecule has 68 valence electrons. The van der Waals surface area contributed by atoms with Gasteiger partial charge in [0.1, 0.15) is 6.29 Å². The van der Waals surface area contributed by atoms with E-state index in [0.717, 1.165) is 12.7 Å². The van der Waals surface area contributed by atoms with E-state index in [-0.39, 0.29) is 12.0 Å². The fraction of sp³-hybridized carbons (Fsp3) is 0.889. The predicted molar refractivity (Wildman–Crippen MR) is 42.6 cm³/mol. The summed E-state index contributed by atoms with van der Waals surface area (Å²) < 4.78 is 11.0. The van der Waals surface area contributed by atoms with Crippen LogP contribution in [0.5, 0.6) is 0 Å². The molecule has 0 unspecified atom stereocenters. The largest absolute Gasteiger partial charge is 0.348 e. The lowest BCUT2D eigenvalue weighted by Gasteiger charge is -2.16. The average molecular weight is 170 g/mol. The van der Waals surface area contributed by atoms with Gasteiger partial charge in [-0.3, -0.25) is 0 Å². The van der Waals surface area contributed by atoms with Gasteiger partial charge in [-0.1, -0.05) is 0 Å². The second-order valence-corrected chi connectivity index (χ2v) is 4.07. The minimum atomic E-state index is -0.444. The summed E-state index contributed by atoms with van der Waals surface area (Å²) in [5.41, 5.74) is 0. The number of hydrogen-bond donors (Lipinski definition) is 0. The first-order valence-corrected chi connectivity index (χ1v) is 4.39. The standard InChI is InChI=1S/C9H14O3/c1-9(2)11-5-8(12-9)7-3-6(7)4-10/h4,6-8H,3,5H2,1-2H3/t6-,7-,8-/m1/s1. The molecule has 1 aliphatic heterocycles. The van der Waals surface area contributed by atoms with Crippen molar-refractivity contribution < 1.29 is 14.3 Å². The zero-order chi connectivity index (χ0) is 8.77. The first-order valence-electron chi connectivity index (χ1n) is 4.39. The molecule has 12 heavy (non-hydrogen) atoms. The van der Waals surface area contributed by atoms with E-state index >= 15 is 0 Å². The van der Waals surface area contributed by atoms with Gasteiger partial charge in [-0.05, 0) is 26.2 Å². The predicted octanol–water partition coefficient (Wildman–Crippen LogP) is 0.973. The third-order valence-electron chi connectivity index (χ3n) is 2.57. The Labute approximate surface area is 72.0 Å². The van der Waals surface area contributed by atoms with Crippen molar-refractivity contribution in [2.45, 2.75) is 32.2 Å². The summed E-state index contributed by atoms with van der Waals surface area (Å²) in [5, 5.41) is 0. The molecule has 1 aliphatic carbocycles. The van der Waals surface area contributed by atoms with Crippen LogP contribution in [0.25, 0.3) is 0 Å². The van der Waals surface area contributed by atoms with Gasteiger partial charge >= 0.3 is 0 Å². The van der Waals surface area contributed by atoms with E-state index in [2.05, 4.69) is 0 Å². The van der Waals surface area contributed by atoms with Crippen molar-refractivity contribution >= 4 is 6.29 Å². The third-order valence-corrected chi connectivity index (χ3v) is 2.57. The molecule has 3 nitrogen and oxygen atoms in total. The first-order chi connectivity index (χ1) is 5.62. The van der Waals surface area contributed by atoms with Crippen molar-refractivity contribution in [2.75, 3.05) is 6.61 Å². The fourth-order valence-electron chi connectivity index (χ4n) is 1.75. The SMILES string of the molecule is CC1(C)OC[C@H]([C@@H]2C[C@@H]2C=O)O1. The molecule has 3 atom stereocenters. The Kier molecular flexibility index (Phi) is 1.73. The number of aldehydes is 1. The van der Waals surface area contributed by atoms with Gasteiger partial charge in [-0.25, -0.2) is 0 Å². The number of rotatable bonds is 2. The van der Waals surface area contributed by atoms with E-state index in [9.17, 15) is 4.79 Å². The average Bonchev–Trinajstić information content (AvgIpc) is 2.70. The van der Waals surface area contributed by atoms with Crippen LogP contribution in [-0.4, -0.2) is 24.8 Å². The Bertz CT molecular complexity index is 200. The monoisotopic (exact) mass is 170 g/mol. The van der Waals surface area contributed by atoms with Crippen molar-refractivity contribution in [1.29, 1.82) is 0 Å². The molecule has 2 rings (SSSR count). The minimum Gasteiger partial charge on any atom is -0.348 e. The lowest BCUT2D eigenvalue weighted by Crippen LogP contribution is -2.22. The zero-order valence-electron chi connectivity index (χ0n) is 7.45. The van der Waals surface area contributed by atoms with Crippen LogP contribution in [0.2, 0.25) is 0 Å². The Morgan fingerprint density at radius 1 is 1.50 bits per heavy atom. The van der Waals surface area contributed by atoms with E-state index in [0.29, 0.717) is 12.5 Å². The molecule has 1 heterocycles. The maximum atomic E-state index is 10.4. The molecule has 0 N–H and O–H groups in total. The van der Waals surface area contributed by atoms with Crippen LogP contribution >= 0.6 is 0 Å². The van der Waals surface area contributed by atoms with Gasteiger partial charge in [0, 0.05) is 5.92 Å². The van der Waals surface area contributed by atoms with Crippen LogP contribution in [0.4, 0.5) is 0 Å². The summed E-state index contributed by atoms with van der Waals surface area (Å²) in [6.45, 7) is 4.46. The molecule has 2 aliphatic rings. The molecule has 0 amide bonds. The van der Waals surface area contributed by atoms with Gasteiger partial charge in [0.2, 0.25) is 0 Å². The van der Waals surface area contributed by atoms with E-state index in [1.807, 2.05) is 13.8 Å². The highest BCUT2D eigenvalue weighted by atomic mass is 16.7. The fourth-order valence-corrected chi connectivity index (χ4v) is 1.75. The molecule has 3 heteroatoms. The second-order valence-electron chi connectivity index (χ2n) is 4.07. The first kappa shape index (κ1) is 8.20. The van der Waals surface area contributed by atoms with Crippen molar-refractivity contribution in [3.63, 3.8) is 0 Å². The van der Waals surface area contributed by atoms with Crippen LogP contribution < -0.4 is 0 Å². The Morgan fingerprint density at radius 3 is 2.67 bits per heavy atom. The summed E-state index contributed by atoms with van der Waals surface area (Å²) >= 11 is 0. The van der Waals surface area contributed by atoms with Crippen molar-refractivity contribution in [2.24, 2.45) is 11.8 Å². The highest BCUT2D eigenvalue weighted by Crippen LogP contribution is 2.44. The number of hydrogen-bond acceptors (Lipinski definition) is 3. The molecule has 2 fully saturated rings. The lowest BCUT2D eigenvalue weighted by molar-refractivity contribution is -0.141. The second kappa shape index (κ2) is 2.54. The number of carbonyl (C=O) groups excluding carboxylic acids is 1. The Morgan fingerprint density at radius 2 is 2.25 bits per heavy atom. The minimum absolute atomic E-state index is 0.148. The normalized spacial score (nSPS) is 44.3. The molecular formula is C9H14O3. The maximum Gasteiger partial charge on any atom is 0.163 e. The molecule has 0 spiro atoms. The maximum absolute atomic E-state index is 10.4. The van der Waals surface area contributed by atoms with E-state index < -0.39 is 5.79 Å². The summed E-state index contributed by atoms with van der Waals surface area (Å²) in [5.74, 6) is 0.206. The van der Waals surface area contributed by atoms with Gasteiger partial charge in [0.15, 0.2) is 5.79 Å². The molecule has 1 saturated heterocycles. The molecule has 0 bridgehead atoms. The Hall–Kier alpha value is -0.410. The molecule has 0 aromatic heterocycles. The molecule has 0 aromatic rings. The topological polar surface area (TPSA) is 35.5 Å². The van der Waals surface area contributed by atoms with Crippen LogP contribution in [-0.2, 0) is 14.3 Å². The van der Waals surface area contributed by atoms with Gasteiger partial charge < -0.3 is 14.3 Å². The van der Waals surface area contributed by atoms with Crippen LogP contribution in [0.15, 0.2) is 0 Å². The van der Waals surface area contributed by atoms with Crippen LogP contribution in [0.3, 0.4) is 0 Å². The van der Waals surface area contributed by atoms with Gasteiger partial charge in [-0.15, -0.1) is 0 Å². The van der Waals surface area contributed by atoms with Crippen LogP contribution in [0, 0.1) is 11.8 Å². The van der Waals surface area contributed by atoms with E-state index in [1.54, 1.807) is 0 Å². The highest BCUT2D eigenvalue weighted by Gasteiger charge is 2.48.